The van der Waals surface area contributed by atoms with Gasteiger partial charge < -0.3 is 0 Å². The van der Waals surface area contributed by atoms with Crippen LogP contribution in [0.4, 0.5) is 0 Å². The van der Waals surface area contributed by atoms with Crippen LogP contribution in [-0.4, -0.2) is 30.6 Å². The van der Waals surface area contributed by atoms with Gasteiger partial charge in [0.1, 0.15) is 10.7 Å². The van der Waals surface area contributed by atoms with E-state index in [4.69, 9.17) is 0 Å². The number of thiazole rings is 1. The van der Waals surface area contributed by atoms with E-state index in [2.05, 4.69) is 20.2 Å². The minimum atomic E-state index is -1.25. The summed E-state index contributed by atoms with van der Waals surface area (Å²) in [4.78, 5) is 8.76. The van der Waals surface area contributed by atoms with Crippen LogP contribution >= 0.6 is 11.3 Å². The van der Waals surface area contributed by atoms with Crippen molar-refractivity contribution in [3.05, 3.63) is 41.9 Å². The maximum atomic E-state index is 11.4. The number of hydrogen-bond donors (Lipinski definition) is 0. The second-order valence-electron chi connectivity index (χ2n) is 3.98. The zero-order valence-corrected chi connectivity index (χ0v) is 12.2. The van der Waals surface area contributed by atoms with Gasteiger partial charge in [0, 0.05) is 17.2 Å². The molecule has 2 heterocycles. The fourth-order valence-corrected chi connectivity index (χ4v) is 2.82. The molecule has 0 spiro atoms. The quantitative estimate of drug-likeness (QED) is 0.743. The summed E-state index contributed by atoms with van der Waals surface area (Å²) in [6, 6.07) is 9.92. The van der Waals surface area contributed by atoms with E-state index in [1.54, 1.807) is 0 Å². The fourth-order valence-electron chi connectivity index (χ4n) is 1.64. The molecular formula is C13H10N4OS2. The minimum absolute atomic E-state index is 0.221. The highest BCUT2D eigenvalue weighted by Crippen LogP contribution is 2.27. The van der Waals surface area contributed by atoms with Crippen LogP contribution in [0.15, 0.2) is 47.1 Å². The van der Waals surface area contributed by atoms with E-state index in [1.165, 1.54) is 23.8 Å². The van der Waals surface area contributed by atoms with Crippen LogP contribution in [0.25, 0.3) is 22.0 Å². The van der Waals surface area contributed by atoms with Crippen molar-refractivity contribution in [1.29, 1.82) is 0 Å². The Morgan fingerprint density at radius 2 is 1.90 bits per heavy atom. The van der Waals surface area contributed by atoms with Gasteiger partial charge in [-0.25, -0.2) is 9.97 Å². The predicted molar refractivity (Wildman–Crippen MR) is 78.7 cm³/mol. The average Bonchev–Trinajstić information content (AvgIpc) is 2.98. The van der Waals surface area contributed by atoms with E-state index in [1.807, 2.05) is 35.7 Å². The van der Waals surface area contributed by atoms with E-state index in [0.717, 1.165) is 16.3 Å². The molecule has 7 heteroatoms. The van der Waals surface area contributed by atoms with Gasteiger partial charge in [0.25, 0.3) is 0 Å². The monoisotopic (exact) mass is 302 g/mol. The molecule has 2 aromatic heterocycles. The summed E-state index contributed by atoms with van der Waals surface area (Å²) in [7, 11) is -1.25. The molecule has 0 N–H and O–H groups in total. The van der Waals surface area contributed by atoms with Crippen LogP contribution in [0.1, 0.15) is 0 Å². The molecule has 0 saturated heterocycles. The van der Waals surface area contributed by atoms with Crippen molar-refractivity contribution in [3.63, 3.8) is 0 Å². The summed E-state index contributed by atoms with van der Waals surface area (Å²) in [5.41, 5.74) is 2.54. The van der Waals surface area contributed by atoms with Crippen molar-refractivity contribution in [2.75, 3.05) is 6.26 Å². The standard InChI is InChI=1S/C13H10N4OS2/c1-20(18)13-16-10(7-14-17-13)12-15-11(8-19-12)9-5-3-2-4-6-9/h2-8H,1H3. The van der Waals surface area contributed by atoms with Crippen LogP contribution in [0, 0.1) is 0 Å². The maximum Gasteiger partial charge on any atom is 0.239 e. The van der Waals surface area contributed by atoms with Gasteiger partial charge in [-0.05, 0) is 0 Å². The summed E-state index contributed by atoms with van der Waals surface area (Å²) in [5.74, 6) is 0. The molecule has 3 aromatic rings. The highest BCUT2D eigenvalue weighted by Gasteiger charge is 2.10. The lowest BCUT2D eigenvalue weighted by Crippen LogP contribution is -2.00. The Morgan fingerprint density at radius 1 is 1.10 bits per heavy atom. The molecule has 100 valence electrons. The van der Waals surface area contributed by atoms with E-state index < -0.39 is 10.8 Å². The van der Waals surface area contributed by atoms with E-state index >= 15 is 0 Å². The highest BCUT2D eigenvalue weighted by molar-refractivity contribution is 7.84. The minimum Gasteiger partial charge on any atom is -0.251 e. The first-order valence-electron chi connectivity index (χ1n) is 5.78. The third kappa shape index (κ3) is 2.63. The predicted octanol–water partition coefficient (Wildman–Crippen LogP) is 2.40. The molecule has 0 radical (unpaired) electrons. The first-order chi connectivity index (χ1) is 9.74. The number of rotatable bonds is 3. The molecule has 0 fully saturated rings. The van der Waals surface area contributed by atoms with Gasteiger partial charge >= 0.3 is 0 Å². The van der Waals surface area contributed by atoms with Gasteiger partial charge in [0.15, 0.2) is 0 Å². The Bertz CT molecular complexity index is 758. The van der Waals surface area contributed by atoms with Gasteiger partial charge in [0.2, 0.25) is 5.16 Å². The number of hydrogen-bond acceptors (Lipinski definition) is 6. The first kappa shape index (κ1) is 13.0. The van der Waals surface area contributed by atoms with E-state index in [9.17, 15) is 4.21 Å². The van der Waals surface area contributed by atoms with Crippen LogP contribution < -0.4 is 0 Å². The molecule has 0 aliphatic rings. The Balaban J connectivity index is 1.98. The smallest absolute Gasteiger partial charge is 0.239 e. The number of aromatic nitrogens is 4. The second kappa shape index (κ2) is 5.56. The molecule has 3 rings (SSSR count). The maximum absolute atomic E-state index is 11.4. The average molecular weight is 302 g/mol. The van der Waals surface area contributed by atoms with Crippen molar-refractivity contribution in [2.45, 2.75) is 5.16 Å². The zero-order chi connectivity index (χ0) is 13.9. The number of nitrogens with zero attached hydrogens (tertiary/aromatic N) is 4. The third-order valence-corrected chi connectivity index (χ3v) is 4.14. The molecule has 0 aliphatic carbocycles. The van der Waals surface area contributed by atoms with Crippen LogP contribution in [0.2, 0.25) is 0 Å². The van der Waals surface area contributed by atoms with Crippen LogP contribution in [0.5, 0.6) is 0 Å². The summed E-state index contributed by atoms with van der Waals surface area (Å²) < 4.78 is 11.4. The van der Waals surface area contributed by atoms with Crippen LogP contribution in [0.3, 0.4) is 0 Å². The summed E-state index contributed by atoms with van der Waals surface area (Å²) in [5, 5.41) is 10.5. The molecule has 0 saturated carbocycles. The topological polar surface area (TPSA) is 68.6 Å². The molecule has 1 aromatic carbocycles. The molecule has 20 heavy (non-hydrogen) atoms. The molecule has 5 nitrogen and oxygen atoms in total. The van der Waals surface area contributed by atoms with Crippen molar-refractivity contribution >= 4 is 22.1 Å². The Morgan fingerprint density at radius 3 is 2.65 bits per heavy atom. The lowest BCUT2D eigenvalue weighted by molar-refractivity contribution is 0.675. The van der Waals surface area contributed by atoms with Crippen molar-refractivity contribution in [2.24, 2.45) is 0 Å². The van der Waals surface area contributed by atoms with Gasteiger partial charge in [-0.1, -0.05) is 30.3 Å². The highest BCUT2D eigenvalue weighted by atomic mass is 32.2. The molecule has 0 amide bonds. The summed E-state index contributed by atoms with van der Waals surface area (Å²) >= 11 is 1.48. The Labute approximate surface area is 122 Å². The van der Waals surface area contributed by atoms with Crippen molar-refractivity contribution in [3.8, 4) is 22.0 Å². The van der Waals surface area contributed by atoms with Gasteiger partial charge in [-0.2, -0.15) is 5.10 Å². The normalized spacial score (nSPS) is 12.2. The lowest BCUT2D eigenvalue weighted by atomic mass is 10.2. The largest absolute Gasteiger partial charge is 0.251 e. The summed E-state index contributed by atoms with van der Waals surface area (Å²) in [6.07, 6.45) is 3.06. The molecule has 0 bridgehead atoms. The third-order valence-electron chi connectivity index (χ3n) is 2.59. The fraction of sp³-hybridized carbons (Fsp3) is 0.0769. The molecule has 0 aliphatic heterocycles. The summed E-state index contributed by atoms with van der Waals surface area (Å²) in [6.45, 7) is 0. The molecular weight excluding hydrogens is 292 g/mol. The van der Waals surface area contributed by atoms with Crippen molar-refractivity contribution < 1.29 is 4.21 Å². The number of benzene rings is 1. The van der Waals surface area contributed by atoms with Gasteiger partial charge in [-0.3, -0.25) is 4.21 Å². The van der Waals surface area contributed by atoms with E-state index in [-0.39, 0.29) is 5.16 Å². The molecule has 1 atom stereocenters. The Hall–Kier alpha value is -1.99. The first-order valence-corrected chi connectivity index (χ1v) is 8.22. The zero-order valence-electron chi connectivity index (χ0n) is 10.6. The van der Waals surface area contributed by atoms with Crippen LogP contribution in [-0.2, 0) is 10.8 Å². The SMILES string of the molecule is CS(=O)c1nncc(-c2nc(-c3ccccc3)cs2)n1. The van der Waals surface area contributed by atoms with E-state index in [0.29, 0.717) is 5.69 Å². The van der Waals surface area contributed by atoms with Crippen molar-refractivity contribution in [1.82, 2.24) is 20.2 Å². The Kier molecular flexibility index (Phi) is 3.62. The lowest BCUT2D eigenvalue weighted by Gasteiger charge is -1.97. The van der Waals surface area contributed by atoms with Gasteiger partial charge in [-0.15, -0.1) is 16.4 Å². The van der Waals surface area contributed by atoms with Gasteiger partial charge in [0.05, 0.1) is 22.7 Å². The second-order valence-corrected chi connectivity index (χ2v) is 6.11. The molecule has 1 unspecified atom stereocenters.